The Morgan fingerprint density at radius 1 is 0.878 bits per heavy atom. The van der Waals surface area contributed by atoms with Crippen molar-refractivity contribution in [1.29, 1.82) is 0 Å². The van der Waals surface area contributed by atoms with Gasteiger partial charge in [-0.15, -0.1) is 0 Å². The lowest BCUT2D eigenvalue weighted by molar-refractivity contribution is -0.255. The Morgan fingerprint density at radius 3 is 2.44 bits per heavy atom. The molecule has 9 fully saturated rings. The number of aliphatic hydroxyl groups is 4. The Morgan fingerprint density at radius 2 is 1.67 bits per heavy atom. The Hall–Kier alpha value is -3.42. The lowest BCUT2D eigenvalue weighted by atomic mass is 9.27. The van der Waals surface area contributed by atoms with Crippen LogP contribution < -0.4 is 16.4 Å². The van der Waals surface area contributed by atoms with Crippen molar-refractivity contribution in [1.82, 2.24) is 10.6 Å². The van der Waals surface area contributed by atoms with Gasteiger partial charge in [-0.2, -0.15) is 0 Å². The second-order valence-electron chi connectivity index (χ2n) is 31.3. The highest BCUT2D eigenvalue weighted by Gasteiger charge is 2.84. The van der Waals surface area contributed by atoms with Gasteiger partial charge in [-0.1, -0.05) is 76.8 Å². The fraction of sp³-hybridized carbons (Fsp3) is 0.746. The highest BCUT2D eigenvalue weighted by atomic mass is 16.6. The summed E-state index contributed by atoms with van der Waals surface area (Å²) in [5.41, 5.74) is 8.52. The minimum Gasteiger partial charge on any atom is -0.508 e. The lowest BCUT2D eigenvalue weighted by Gasteiger charge is -2.77. The molecule has 20 unspecified atom stereocenters. The van der Waals surface area contributed by atoms with E-state index in [1.165, 1.54) is 16.7 Å². The molecule has 448 valence electrons. The van der Waals surface area contributed by atoms with Gasteiger partial charge in [0.2, 0.25) is 0 Å². The minimum absolute atomic E-state index is 0.000261. The molecule has 0 aromatic heterocycles. The SMILES string of the molecule is CNCc1cc(O)cc(C23CCC45CC67C(CO)CCC8CCC(CO)CC8C(CC(O)C8OC8(C)C8CCCC8c8cc(N)cc(CC(C)C)c8)C8=C(CCC6C6(C)C4C(CC=CC26)(CCCCC(C)(O)CN5)C3=O)C7(C)CC8=O)c1. The normalized spacial score (nSPS) is 46.1. The number of epoxide rings is 1. The number of aromatic hydroxyl groups is 1. The van der Waals surface area contributed by atoms with Gasteiger partial charge in [-0.3, -0.25) is 9.59 Å². The topological polar surface area (TPSA) is 198 Å². The summed E-state index contributed by atoms with van der Waals surface area (Å²) in [5.74, 6) is 1.56. The van der Waals surface area contributed by atoms with E-state index in [0.29, 0.717) is 69.7 Å². The standard InChI is InChI=1S/C71H101N3O8/c1-41(2)26-43-27-46(32-49(72)29-43)51-12-10-13-54(51)67(6)61(82-67)56(78)34-53-52-31-42(37-75)15-16-45(52)17-18-47(38-76)71-39-69-24-25-70(48-28-44(36-73-7)30-50(77)33-48)58-14-11-23-68(63(70)80,22-9-8-21-64(3,81)40-74-69)62(69)66(58,5)59(71)20-19-55-60(53)57(79)35-65(55,71)4/h11,14,27-30,32-33,41-42,45,47,51-54,56,58-59,61-62,73-78,81H,8-10,12-13,15-26,31,34-40,72H2,1-7H3. The lowest BCUT2D eigenvalue weighted by Crippen LogP contribution is -2.79. The number of nitrogens with one attached hydrogen (secondary N) is 2. The van der Waals surface area contributed by atoms with Gasteiger partial charge < -0.3 is 46.6 Å². The molecule has 2 saturated heterocycles. The van der Waals surface area contributed by atoms with Crippen LogP contribution in [0.15, 0.2) is 59.7 Å². The second-order valence-corrected chi connectivity index (χ2v) is 31.3. The van der Waals surface area contributed by atoms with Crippen LogP contribution in [0.1, 0.15) is 198 Å². The fourth-order valence-corrected chi connectivity index (χ4v) is 23.9. The van der Waals surface area contributed by atoms with E-state index in [1.807, 2.05) is 26.1 Å². The Balaban J connectivity index is 0.956. The van der Waals surface area contributed by atoms with Gasteiger partial charge in [0, 0.05) is 54.8 Å². The number of ketones is 2. The zero-order valence-electron chi connectivity index (χ0n) is 50.8. The molecule has 15 rings (SSSR count). The number of ether oxygens (including phenoxy) is 1. The summed E-state index contributed by atoms with van der Waals surface area (Å²) in [4.78, 5) is 33.1. The van der Waals surface area contributed by atoms with E-state index in [1.54, 1.807) is 0 Å². The van der Waals surface area contributed by atoms with Crippen molar-refractivity contribution in [2.24, 2.45) is 80.8 Å². The molecule has 11 aliphatic carbocycles. The Labute approximate surface area is 489 Å². The van der Waals surface area contributed by atoms with Crippen molar-refractivity contribution in [2.75, 3.05) is 32.5 Å². The van der Waals surface area contributed by atoms with Crippen LogP contribution in [0, 0.1) is 80.8 Å². The van der Waals surface area contributed by atoms with Crippen molar-refractivity contribution in [3.8, 4) is 5.75 Å². The number of hydrogen-bond acceptors (Lipinski definition) is 11. The molecule has 11 nitrogen and oxygen atoms in total. The quantitative estimate of drug-likeness (QED) is 0.0572. The number of nitrogen functional groups attached to an aromatic ring is 1. The number of aliphatic hydroxyl groups excluding tert-OH is 3. The van der Waals surface area contributed by atoms with Crippen LogP contribution in [0.5, 0.6) is 5.75 Å². The molecule has 20 atom stereocenters. The second kappa shape index (κ2) is 20.3. The first-order valence-corrected chi connectivity index (χ1v) is 33.0. The maximum atomic E-state index is 16.8. The average Bonchev–Trinajstić information content (AvgIpc) is 1.46. The number of hydrogen-bond donors (Lipinski definition) is 8. The van der Waals surface area contributed by atoms with Crippen LogP contribution in [0.25, 0.3) is 0 Å². The van der Waals surface area contributed by atoms with Crippen LogP contribution >= 0.6 is 0 Å². The molecule has 0 radical (unpaired) electrons. The summed E-state index contributed by atoms with van der Waals surface area (Å²) in [6.07, 6.45) is 20.2. The van der Waals surface area contributed by atoms with Gasteiger partial charge in [0.15, 0.2) is 11.6 Å². The molecule has 9 N–H and O–H groups in total. The highest BCUT2D eigenvalue weighted by molar-refractivity contribution is 6.01. The smallest absolute Gasteiger partial charge is 0.160 e. The molecule has 13 aliphatic rings. The monoisotopic (exact) mass is 1120 g/mol. The average molecular weight is 1120 g/mol. The Bertz CT molecular complexity index is 2920. The summed E-state index contributed by atoms with van der Waals surface area (Å²) in [6, 6.07) is 12.6. The molecule has 0 amide bonds. The van der Waals surface area contributed by atoms with Crippen molar-refractivity contribution in [3.63, 3.8) is 0 Å². The van der Waals surface area contributed by atoms with Crippen LogP contribution in [-0.2, 0) is 32.7 Å². The molecule has 2 aliphatic heterocycles. The third kappa shape index (κ3) is 8.30. The predicted molar refractivity (Wildman–Crippen MR) is 321 cm³/mol. The van der Waals surface area contributed by atoms with E-state index in [9.17, 15) is 25.5 Å². The molecule has 82 heavy (non-hydrogen) atoms. The molecule has 2 spiro atoms. The maximum absolute atomic E-state index is 16.8. The van der Waals surface area contributed by atoms with Crippen molar-refractivity contribution in [3.05, 3.63) is 82.0 Å². The number of Topliss-reactive ketones (excluding diaryl/α,β-unsaturated/α-hetero) is 2. The molecular weight excluding hydrogens is 1020 g/mol. The van der Waals surface area contributed by atoms with Crippen molar-refractivity contribution in [2.45, 2.75) is 223 Å². The summed E-state index contributed by atoms with van der Waals surface area (Å²) in [7, 11) is 1.92. The third-order valence-electron chi connectivity index (χ3n) is 26.6. The number of rotatable bonds is 12. The van der Waals surface area contributed by atoms with E-state index in [2.05, 4.69) is 81.7 Å². The van der Waals surface area contributed by atoms with Gasteiger partial charge in [0.05, 0.1) is 22.7 Å². The van der Waals surface area contributed by atoms with Crippen molar-refractivity contribution >= 4 is 17.3 Å². The molecular formula is C71H101N3O8. The zero-order chi connectivity index (χ0) is 57.7. The minimum atomic E-state index is -0.982. The number of nitrogens with two attached hydrogens (primary N) is 1. The first-order chi connectivity index (χ1) is 39.1. The van der Waals surface area contributed by atoms with Crippen LogP contribution in [0.2, 0.25) is 0 Å². The van der Waals surface area contributed by atoms with Crippen LogP contribution in [-0.4, -0.2) is 92.9 Å². The van der Waals surface area contributed by atoms with E-state index >= 15 is 9.59 Å². The molecule has 10 bridgehead atoms. The fourth-order valence-electron chi connectivity index (χ4n) is 23.9. The van der Waals surface area contributed by atoms with Gasteiger partial charge >= 0.3 is 0 Å². The van der Waals surface area contributed by atoms with Crippen molar-refractivity contribution < 1.29 is 39.9 Å². The summed E-state index contributed by atoms with van der Waals surface area (Å²) in [6.45, 7) is 14.8. The molecule has 2 aromatic rings. The highest BCUT2D eigenvalue weighted by Crippen LogP contribution is 2.84. The summed E-state index contributed by atoms with van der Waals surface area (Å²) < 4.78 is 6.92. The largest absolute Gasteiger partial charge is 0.508 e. The first kappa shape index (κ1) is 57.6. The number of carbonyl (C=O) groups excluding carboxylic acids is 2. The molecule has 11 heteroatoms. The van der Waals surface area contributed by atoms with E-state index in [-0.39, 0.29) is 90.0 Å². The van der Waals surface area contributed by atoms with Gasteiger partial charge in [0.1, 0.15) is 11.9 Å². The van der Waals surface area contributed by atoms with E-state index < -0.39 is 49.9 Å². The number of allylic oxidation sites excluding steroid dienone is 4. The Kier molecular flexibility index (Phi) is 14.3. The maximum Gasteiger partial charge on any atom is 0.160 e. The molecule has 2 aromatic carbocycles. The predicted octanol–water partition coefficient (Wildman–Crippen LogP) is 11.0. The van der Waals surface area contributed by atoms with Gasteiger partial charge in [-0.25, -0.2) is 0 Å². The zero-order valence-corrected chi connectivity index (χ0v) is 50.8. The van der Waals surface area contributed by atoms with Gasteiger partial charge in [-0.05, 0) is 258 Å². The first-order valence-electron chi connectivity index (χ1n) is 33.0. The number of β-amino-alcohol motifs (C(OH)–C–C–N with tert-alkyl or cyclic N) is 1. The van der Waals surface area contributed by atoms with Crippen LogP contribution in [0.3, 0.4) is 0 Å². The summed E-state index contributed by atoms with van der Waals surface area (Å²) in [5, 5.41) is 68.4. The van der Waals surface area contributed by atoms with Gasteiger partial charge in [0.25, 0.3) is 0 Å². The van der Waals surface area contributed by atoms with E-state index in [4.69, 9.17) is 10.5 Å². The number of anilines is 1. The third-order valence-corrected chi connectivity index (χ3v) is 26.6. The summed E-state index contributed by atoms with van der Waals surface area (Å²) >= 11 is 0. The van der Waals surface area contributed by atoms with Crippen LogP contribution in [0.4, 0.5) is 5.69 Å². The number of phenols is 1. The molecule has 7 saturated carbocycles. The number of phenolic OH excluding ortho intramolecular Hbond substituents is 1. The number of fused-ring (bicyclic) bond motifs is 3. The number of carbonyl (C=O) groups is 2. The van der Waals surface area contributed by atoms with E-state index in [0.717, 1.165) is 112 Å². The number of benzene rings is 2. The molecule has 2 heterocycles.